The van der Waals surface area contributed by atoms with Gasteiger partial charge in [0.25, 0.3) is 5.91 Å². The molecule has 1 atom stereocenters. The molecule has 5 rings (SSSR count). The lowest BCUT2D eigenvalue weighted by molar-refractivity contribution is 0.0701. The van der Waals surface area contributed by atoms with Crippen molar-refractivity contribution in [3.05, 3.63) is 98.8 Å². The molecule has 3 heterocycles. The fourth-order valence-corrected chi connectivity index (χ4v) is 4.17. The number of fused-ring (bicyclic) bond motifs is 2. The molecule has 6 heteroatoms. The summed E-state index contributed by atoms with van der Waals surface area (Å²) in [6, 6.07) is 14.0. The molecule has 0 spiro atoms. The second-order valence-electron chi connectivity index (χ2n) is 7.80. The number of hydrogen-bond acceptors (Lipinski definition) is 5. The molecule has 0 bridgehead atoms. The summed E-state index contributed by atoms with van der Waals surface area (Å²) in [6.45, 7) is 4.12. The van der Waals surface area contributed by atoms with Gasteiger partial charge >= 0.3 is 0 Å². The van der Waals surface area contributed by atoms with Gasteiger partial charge in [-0.05, 0) is 66.9 Å². The van der Waals surface area contributed by atoms with Gasteiger partial charge in [-0.3, -0.25) is 9.59 Å². The first-order valence-electron chi connectivity index (χ1n) is 10.0. The Labute approximate surface area is 178 Å². The van der Waals surface area contributed by atoms with Crippen molar-refractivity contribution in [2.45, 2.75) is 26.4 Å². The predicted octanol–water partition coefficient (Wildman–Crippen LogP) is 4.76. The smallest absolute Gasteiger partial charge is 0.291 e. The fourth-order valence-electron chi connectivity index (χ4n) is 4.17. The van der Waals surface area contributed by atoms with Gasteiger partial charge in [-0.15, -0.1) is 0 Å². The lowest BCUT2D eigenvalue weighted by Crippen LogP contribution is -2.29. The Morgan fingerprint density at radius 1 is 1.03 bits per heavy atom. The van der Waals surface area contributed by atoms with Crippen LogP contribution in [0.1, 0.15) is 44.6 Å². The van der Waals surface area contributed by atoms with Gasteiger partial charge in [0.05, 0.1) is 36.9 Å². The highest BCUT2D eigenvalue weighted by molar-refractivity contribution is 5.99. The Morgan fingerprint density at radius 2 is 1.84 bits per heavy atom. The van der Waals surface area contributed by atoms with Crippen molar-refractivity contribution in [3.63, 3.8) is 0 Å². The highest BCUT2D eigenvalue weighted by atomic mass is 16.5. The largest absolute Gasteiger partial charge is 0.497 e. The number of carbonyl (C=O) groups excluding carboxylic acids is 1. The van der Waals surface area contributed by atoms with Crippen molar-refractivity contribution >= 4 is 16.9 Å². The van der Waals surface area contributed by atoms with Crippen LogP contribution < -0.4 is 10.2 Å². The van der Waals surface area contributed by atoms with E-state index in [2.05, 4.69) is 0 Å². The van der Waals surface area contributed by atoms with Crippen LogP contribution in [-0.4, -0.2) is 17.9 Å². The molecular weight excluding hydrogens is 394 g/mol. The summed E-state index contributed by atoms with van der Waals surface area (Å²) in [4.78, 5) is 28.7. The van der Waals surface area contributed by atoms with Gasteiger partial charge in [-0.25, -0.2) is 0 Å². The van der Waals surface area contributed by atoms with Gasteiger partial charge < -0.3 is 18.5 Å². The Bertz CT molecular complexity index is 1370. The number of carbonyl (C=O) groups is 1. The summed E-state index contributed by atoms with van der Waals surface area (Å²) in [5.74, 6) is 1.02. The number of nitrogens with zero attached hydrogens (tertiary/aromatic N) is 1. The third kappa shape index (κ3) is 3.03. The molecule has 0 saturated carbocycles. The van der Waals surface area contributed by atoms with E-state index in [1.165, 1.54) is 0 Å². The molecule has 0 fully saturated rings. The summed E-state index contributed by atoms with van der Waals surface area (Å²) in [7, 11) is 1.58. The van der Waals surface area contributed by atoms with Crippen molar-refractivity contribution < 1.29 is 18.4 Å². The summed E-state index contributed by atoms with van der Waals surface area (Å²) < 4.78 is 16.9. The zero-order valence-corrected chi connectivity index (χ0v) is 17.5. The van der Waals surface area contributed by atoms with E-state index in [9.17, 15) is 9.59 Å². The van der Waals surface area contributed by atoms with E-state index in [4.69, 9.17) is 13.6 Å². The van der Waals surface area contributed by atoms with Crippen LogP contribution in [0.15, 0.2) is 68.4 Å². The maximum atomic E-state index is 13.6. The maximum Gasteiger partial charge on any atom is 0.291 e. The summed E-state index contributed by atoms with van der Waals surface area (Å²) in [5.41, 5.74) is 3.34. The van der Waals surface area contributed by atoms with Crippen LogP contribution in [0.4, 0.5) is 0 Å². The van der Waals surface area contributed by atoms with E-state index in [-0.39, 0.29) is 23.6 Å². The van der Waals surface area contributed by atoms with E-state index < -0.39 is 6.04 Å². The van der Waals surface area contributed by atoms with Crippen LogP contribution in [0, 0.1) is 13.8 Å². The van der Waals surface area contributed by atoms with E-state index in [1.807, 2.05) is 50.2 Å². The predicted molar refractivity (Wildman–Crippen MR) is 115 cm³/mol. The Kier molecular flexibility index (Phi) is 4.43. The van der Waals surface area contributed by atoms with Crippen LogP contribution in [0.25, 0.3) is 11.0 Å². The van der Waals surface area contributed by atoms with Crippen LogP contribution in [0.3, 0.4) is 0 Å². The van der Waals surface area contributed by atoms with E-state index >= 15 is 0 Å². The summed E-state index contributed by atoms with van der Waals surface area (Å²) in [5, 5.41) is 0.474. The van der Waals surface area contributed by atoms with E-state index in [0.717, 1.165) is 16.7 Å². The van der Waals surface area contributed by atoms with Crippen molar-refractivity contribution in [2.24, 2.45) is 0 Å². The average Bonchev–Trinajstić information content (AvgIpc) is 3.37. The fraction of sp³-hybridized carbons (Fsp3) is 0.200. The number of amides is 1. The lowest BCUT2D eigenvalue weighted by Gasteiger charge is -2.24. The molecule has 4 aromatic rings. The van der Waals surface area contributed by atoms with Crippen LogP contribution in [-0.2, 0) is 6.54 Å². The second kappa shape index (κ2) is 7.16. The summed E-state index contributed by atoms with van der Waals surface area (Å²) >= 11 is 0. The highest BCUT2D eigenvalue weighted by Crippen LogP contribution is 2.40. The van der Waals surface area contributed by atoms with E-state index in [0.29, 0.717) is 28.0 Å². The molecular formula is C25H21NO5. The van der Waals surface area contributed by atoms with E-state index in [1.54, 1.807) is 30.4 Å². The molecule has 1 aliphatic rings. The zero-order chi connectivity index (χ0) is 21.7. The molecule has 2 aromatic carbocycles. The van der Waals surface area contributed by atoms with Crippen LogP contribution in [0.2, 0.25) is 0 Å². The Morgan fingerprint density at radius 3 is 2.58 bits per heavy atom. The Hall–Kier alpha value is -3.80. The molecule has 31 heavy (non-hydrogen) atoms. The number of benzene rings is 2. The first-order valence-corrected chi connectivity index (χ1v) is 10.0. The molecule has 6 nitrogen and oxygen atoms in total. The first-order chi connectivity index (χ1) is 15.0. The lowest BCUT2D eigenvalue weighted by atomic mass is 9.97. The van der Waals surface area contributed by atoms with Gasteiger partial charge in [0.1, 0.15) is 17.1 Å². The highest BCUT2D eigenvalue weighted by Gasteiger charge is 2.43. The average molecular weight is 415 g/mol. The second-order valence-corrected chi connectivity index (χ2v) is 7.80. The van der Waals surface area contributed by atoms with Crippen molar-refractivity contribution in [3.8, 4) is 5.75 Å². The molecule has 0 saturated heterocycles. The van der Waals surface area contributed by atoms with Gasteiger partial charge in [0, 0.05) is 0 Å². The minimum Gasteiger partial charge on any atom is -0.497 e. The first kappa shape index (κ1) is 19.2. The molecule has 2 aromatic heterocycles. The van der Waals surface area contributed by atoms with Gasteiger partial charge in [-0.1, -0.05) is 12.1 Å². The van der Waals surface area contributed by atoms with Crippen molar-refractivity contribution in [1.29, 1.82) is 0 Å². The molecule has 0 radical (unpaired) electrons. The number of methoxy groups -OCH3 is 1. The van der Waals surface area contributed by atoms with Gasteiger partial charge in [0.2, 0.25) is 5.76 Å². The van der Waals surface area contributed by atoms with Crippen LogP contribution >= 0.6 is 0 Å². The van der Waals surface area contributed by atoms with Gasteiger partial charge in [-0.2, -0.15) is 0 Å². The minimum atomic E-state index is -0.607. The minimum absolute atomic E-state index is 0.0835. The third-order valence-corrected chi connectivity index (χ3v) is 5.90. The monoisotopic (exact) mass is 415 g/mol. The normalized spacial score (nSPS) is 15.5. The number of ether oxygens (including phenoxy) is 1. The number of rotatable bonds is 4. The number of furan rings is 1. The van der Waals surface area contributed by atoms with Crippen LogP contribution in [0.5, 0.6) is 5.75 Å². The quantitative estimate of drug-likeness (QED) is 0.481. The van der Waals surface area contributed by atoms with Crippen molar-refractivity contribution in [1.82, 2.24) is 4.90 Å². The molecule has 1 unspecified atom stereocenters. The molecule has 156 valence electrons. The maximum absolute atomic E-state index is 13.6. The molecule has 0 aliphatic carbocycles. The zero-order valence-electron chi connectivity index (χ0n) is 17.5. The van der Waals surface area contributed by atoms with Crippen molar-refractivity contribution in [2.75, 3.05) is 7.11 Å². The molecule has 0 N–H and O–H groups in total. The Balaban J connectivity index is 1.77. The SMILES string of the molecule is COc1cccc(C2c3c(oc4cc(C)c(C)cc4c3=O)C(=O)N2Cc2ccco2)c1. The van der Waals surface area contributed by atoms with Gasteiger partial charge in [0.15, 0.2) is 5.43 Å². The number of hydrogen-bond donors (Lipinski definition) is 0. The number of aryl methyl sites for hydroxylation is 2. The summed E-state index contributed by atoms with van der Waals surface area (Å²) in [6.07, 6.45) is 1.56. The standard InChI is InChI=1S/C25H21NO5/c1-14-10-19-20(11-15(14)2)31-24-21(23(19)27)22(16-6-4-7-17(12-16)29-3)26(25(24)28)13-18-8-5-9-30-18/h4-12,22H,13H2,1-3H3. The molecule has 1 amide bonds. The third-order valence-electron chi connectivity index (χ3n) is 5.90. The topological polar surface area (TPSA) is 72.9 Å². The molecule has 1 aliphatic heterocycles.